The van der Waals surface area contributed by atoms with Gasteiger partial charge in [0.05, 0.1) is 0 Å². The molecule has 3 rings (SSSR count). The molecule has 1 aromatic heterocycles. The van der Waals surface area contributed by atoms with E-state index in [4.69, 9.17) is 4.98 Å². The van der Waals surface area contributed by atoms with Crippen molar-refractivity contribution in [3.63, 3.8) is 0 Å². The average Bonchev–Trinajstić information content (AvgIpc) is 2.99. The van der Waals surface area contributed by atoms with E-state index in [1.54, 1.807) is 0 Å². The smallest absolute Gasteiger partial charge is 0.112 e. The molecule has 0 unspecified atom stereocenters. The van der Waals surface area contributed by atoms with Gasteiger partial charge in [-0.25, -0.2) is 4.98 Å². The zero-order chi connectivity index (χ0) is 11.7. The highest BCUT2D eigenvalue weighted by Gasteiger charge is 2.26. The Bertz CT molecular complexity index is 368. The molecule has 0 aliphatic heterocycles. The van der Waals surface area contributed by atoms with Gasteiger partial charge in [0.1, 0.15) is 5.82 Å². The Balaban J connectivity index is 1.87. The van der Waals surface area contributed by atoms with Gasteiger partial charge in [0.25, 0.3) is 0 Å². The summed E-state index contributed by atoms with van der Waals surface area (Å²) >= 11 is 0. The summed E-state index contributed by atoms with van der Waals surface area (Å²) in [7, 11) is 0. The van der Waals surface area contributed by atoms with E-state index in [-0.39, 0.29) is 0 Å². The lowest BCUT2D eigenvalue weighted by Gasteiger charge is -2.25. The Morgan fingerprint density at radius 1 is 1.00 bits per heavy atom. The van der Waals surface area contributed by atoms with Gasteiger partial charge in [-0.2, -0.15) is 0 Å². The van der Waals surface area contributed by atoms with E-state index >= 15 is 0 Å². The van der Waals surface area contributed by atoms with Gasteiger partial charge >= 0.3 is 0 Å². The Morgan fingerprint density at radius 3 is 2.35 bits per heavy atom. The zero-order valence-corrected chi connectivity index (χ0v) is 11.0. The standard InChI is InChI=1S/C15H24N2/c1-12-11-16-15(13-7-3-2-4-8-13)17(12)14-9-5-6-10-14/h11,13-14H,2-10H2,1H3. The molecule has 0 spiro atoms. The molecule has 2 saturated carbocycles. The molecule has 0 amide bonds. The minimum absolute atomic E-state index is 0.748. The van der Waals surface area contributed by atoms with Gasteiger partial charge in [-0.1, -0.05) is 32.1 Å². The highest BCUT2D eigenvalue weighted by atomic mass is 15.1. The van der Waals surface area contributed by atoms with Gasteiger partial charge in [0.15, 0.2) is 0 Å². The van der Waals surface area contributed by atoms with Crippen molar-refractivity contribution in [1.82, 2.24) is 9.55 Å². The van der Waals surface area contributed by atoms with Crippen molar-refractivity contribution in [1.29, 1.82) is 0 Å². The molecule has 0 radical (unpaired) electrons. The van der Waals surface area contributed by atoms with Gasteiger partial charge in [-0.15, -0.1) is 0 Å². The predicted molar refractivity (Wildman–Crippen MR) is 70.3 cm³/mol. The molecular weight excluding hydrogens is 208 g/mol. The largest absolute Gasteiger partial charge is 0.329 e. The quantitative estimate of drug-likeness (QED) is 0.741. The summed E-state index contributed by atoms with van der Waals surface area (Å²) in [6.07, 6.45) is 14.6. The normalized spacial score (nSPS) is 23.4. The van der Waals surface area contributed by atoms with Crippen LogP contribution in [0.1, 0.15) is 81.3 Å². The van der Waals surface area contributed by atoms with Crippen LogP contribution in [0, 0.1) is 6.92 Å². The third kappa shape index (κ3) is 2.14. The van der Waals surface area contributed by atoms with Crippen LogP contribution < -0.4 is 0 Å². The van der Waals surface area contributed by atoms with E-state index < -0.39 is 0 Å². The Hall–Kier alpha value is -0.790. The molecule has 0 saturated heterocycles. The molecule has 1 aromatic rings. The number of aromatic nitrogens is 2. The molecule has 2 heteroatoms. The minimum Gasteiger partial charge on any atom is -0.329 e. The number of hydrogen-bond acceptors (Lipinski definition) is 1. The monoisotopic (exact) mass is 232 g/mol. The number of nitrogens with zero attached hydrogens (tertiary/aromatic N) is 2. The van der Waals surface area contributed by atoms with Gasteiger partial charge in [-0.3, -0.25) is 0 Å². The summed E-state index contributed by atoms with van der Waals surface area (Å²) in [4.78, 5) is 4.75. The number of rotatable bonds is 2. The maximum absolute atomic E-state index is 4.75. The molecule has 94 valence electrons. The number of aryl methyl sites for hydroxylation is 1. The lowest BCUT2D eigenvalue weighted by molar-refractivity contribution is 0.393. The van der Waals surface area contributed by atoms with E-state index in [1.165, 1.54) is 69.3 Å². The van der Waals surface area contributed by atoms with Gasteiger partial charge in [0, 0.05) is 23.9 Å². The van der Waals surface area contributed by atoms with Crippen molar-refractivity contribution in [2.24, 2.45) is 0 Å². The fourth-order valence-corrected chi connectivity index (χ4v) is 3.77. The molecule has 0 bridgehead atoms. The van der Waals surface area contributed by atoms with Crippen molar-refractivity contribution in [3.05, 3.63) is 17.7 Å². The average molecular weight is 232 g/mol. The SMILES string of the molecule is Cc1cnc(C2CCCCC2)n1C1CCCC1. The first-order valence-corrected chi connectivity index (χ1v) is 7.40. The molecule has 0 aromatic carbocycles. The maximum atomic E-state index is 4.75. The van der Waals surface area contributed by atoms with Crippen LogP contribution in [-0.4, -0.2) is 9.55 Å². The first-order chi connectivity index (χ1) is 8.36. The Morgan fingerprint density at radius 2 is 1.65 bits per heavy atom. The van der Waals surface area contributed by atoms with Crippen molar-refractivity contribution in [2.75, 3.05) is 0 Å². The van der Waals surface area contributed by atoms with Crippen LogP contribution in [0.3, 0.4) is 0 Å². The lowest BCUT2D eigenvalue weighted by Crippen LogP contribution is -2.16. The summed E-state index contributed by atoms with van der Waals surface area (Å²) in [5, 5.41) is 0. The summed E-state index contributed by atoms with van der Waals surface area (Å²) in [5.74, 6) is 2.16. The fourth-order valence-electron chi connectivity index (χ4n) is 3.77. The molecule has 2 aliphatic rings. The third-order valence-electron chi connectivity index (χ3n) is 4.67. The zero-order valence-electron chi connectivity index (χ0n) is 11.0. The third-order valence-corrected chi connectivity index (χ3v) is 4.67. The molecule has 0 N–H and O–H groups in total. The van der Waals surface area contributed by atoms with Gasteiger partial charge < -0.3 is 4.57 Å². The lowest BCUT2D eigenvalue weighted by atomic mass is 9.88. The van der Waals surface area contributed by atoms with E-state index in [1.807, 2.05) is 0 Å². The van der Waals surface area contributed by atoms with Gasteiger partial charge in [-0.05, 0) is 32.6 Å². The first kappa shape index (κ1) is 11.3. The second-order valence-corrected chi connectivity index (χ2v) is 5.90. The van der Waals surface area contributed by atoms with Crippen LogP contribution in [0.4, 0.5) is 0 Å². The second kappa shape index (κ2) is 4.83. The molecule has 2 fully saturated rings. The summed E-state index contributed by atoms with van der Waals surface area (Å²) in [5.41, 5.74) is 1.39. The highest BCUT2D eigenvalue weighted by molar-refractivity contribution is 5.11. The number of hydrogen-bond donors (Lipinski definition) is 0. The van der Waals surface area contributed by atoms with E-state index in [9.17, 15) is 0 Å². The van der Waals surface area contributed by atoms with Crippen molar-refractivity contribution in [3.8, 4) is 0 Å². The number of imidazole rings is 1. The minimum atomic E-state index is 0.748. The van der Waals surface area contributed by atoms with Crippen LogP contribution >= 0.6 is 0 Å². The van der Waals surface area contributed by atoms with E-state index in [2.05, 4.69) is 17.7 Å². The topological polar surface area (TPSA) is 17.8 Å². The summed E-state index contributed by atoms with van der Waals surface area (Å²) < 4.78 is 2.59. The molecular formula is C15H24N2. The van der Waals surface area contributed by atoms with Crippen LogP contribution in [0.15, 0.2) is 6.20 Å². The molecule has 17 heavy (non-hydrogen) atoms. The van der Waals surface area contributed by atoms with Crippen molar-refractivity contribution < 1.29 is 0 Å². The molecule has 1 heterocycles. The first-order valence-electron chi connectivity index (χ1n) is 7.40. The summed E-state index contributed by atoms with van der Waals surface area (Å²) in [6, 6.07) is 0.759. The van der Waals surface area contributed by atoms with Crippen LogP contribution in [0.2, 0.25) is 0 Å². The van der Waals surface area contributed by atoms with Crippen LogP contribution in [0.25, 0.3) is 0 Å². The molecule has 0 atom stereocenters. The predicted octanol–water partition coefficient (Wildman–Crippen LogP) is 4.35. The molecule has 2 nitrogen and oxygen atoms in total. The highest BCUT2D eigenvalue weighted by Crippen LogP contribution is 2.37. The van der Waals surface area contributed by atoms with E-state index in [0.29, 0.717) is 0 Å². The van der Waals surface area contributed by atoms with E-state index in [0.717, 1.165) is 12.0 Å². The Labute approximate surface area is 104 Å². The Kier molecular flexibility index (Phi) is 3.21. The molecule has 2 aliphatic carbocycles. The fraction of sp³-hybridized carbons (Fsp3) is 0.800. The van der Waals surface area contributed by atoms with Crippen LogP contribution in [0.5, 0.6) is 0 Å². The van der Waals surface area contributed by atoms with Crippen molar-refractivity contribution >= 4 is 0 Å². The van der Waals surface area contributed by atoms with Crippen LogP contribution in [-0.2, 0) is 0 Å². The van der Waals surface area contributed by atoms with Gasteiger partial charge in [0.2, 0.25) is 0 Å². The second-order valence-electron chi connectivity index (χ2n) is 5.90. The summed E-state index contributed by atoms with van der Waals surface area (Å²) in [6.45, 7) is 2.23. The maximum Gasteiger partial charge on any atom is 0.112 e. The van der Waals surface area contributed by atoms with Crippen molar-refractivity contribution in [2.45, 2.75) is 76.7 Å².